The Bertz CT molecular complexity index is 555. The number of halogens is 3. The molecule has 1 heterocycles. The van der Waals surface area contributed by atoms with Crippen LogP contribution >= 0.6 is 11.3 Å². The van der Waals surface area contributed by atoms with Gasteiger partial charge in [-0.05, 0) is 18.2 Å². The normalized spacial score (nSPS) is 13.5. The lowest BCUT2D eigenvalue weighted by Crippen LogP contribution is -2.10. The average Bonchev–Trinajstić information content (AvgIpc) is 2.80. The Morgan fingerprint density at radius 2 is 2.11 bits per heavy atom. The summed E-state index contributed by atoms with van der Waals surface area (Å²) < 4.78 is 37.8. The molecule has 2 aromatic rings. The highest BCUT2D eigenvalue weighted by Crippen LogP contribution is 2.34. The lowest BCUT2D eigenvalue weighted by atomic mass is 10.0. The van der Waals surface area contributed by atoms with Gasteiger partial charge in [-0.1, -0.05) is 0 Å². The van der Waals surface area contributed by atoms with E-state index in [0.29, 0.717) is 0 Å². The first-order valence-corrected chi connectivity index (χ1v) is 6.28. The Morgan fingerprint density at radius 1 is 1.37 bits per heavy atom. The van der Waals surface area contributed by atoms with Crippen molar-refractivity contribution < 1.29 is 18.3 Å². The number of hydrogen-bond donors (Lipinski definition) is 2. The number of benzene rings is 1. The Morgan fingerprint density at radius 3 is 2.68 bits per heavy atom. The van der Waals surface area contributed by atoms with Crippen LogP contribution in [0.4, 0.5) is 18.9 Å². The third-order valence-electron chi connectivity index (χ3n) is 2.65. The van der Waals surface area contributed by atoms with Crippen molar-refractivity contribution >= 4 is 17.0 Å². The number of aliphatic hydroxyl groups is 1. The standard InChI is InChI=1S/C12H11F3N2OS/c13-12(14,15)7-1-2-10(16)9(3-7)11(18)4-8-5-17-6-19-8/h1-3,5-6,11,18H,4,16H2. The van der Waals surface area contributed by atoms with Crippen molar-refractivity contribution in [1.29, 1.82) is 0 Å². The van der Waals surface area contributed by atoms with Crippen molar-refractivity contribution in [2.45, 2.75) is 18.7 Å². The molecule has 1 unspecified atom stereocenters. The second-order valence-corrected chi connectivity index (χ2v) is 5.00. The quantitative estimate of drug-likeness (QED) is 0.853. The number of anilines is 1. The molecule has 1 aromatic heterocycles. The van der Waals surface area contributed by atoms with Crippen molar-refractivity contribution in [3.63, 3.8) is 0 Å². The molecule has 0 aliphatic carbocycles. The minimum Gasteiger partial charge on any atom is -0.398 e. The van der Waals surface area contributed by atoms with E-state index >= 15 is 0 Å². The SMILES string of the molecule is Nc1ccc(C(F)(F)F)cc1C(O)Cc1cncs1. The molecule has 3 nitrogen and oxygen atoms in total. The number of rotatable bonds is 3. The van der Waals surface area contributed by atoms with Crippen LogP contribution in [-0.4, -0.2) is 10.1 Å². The maximum Gasteiger partial charge on any atom is 0.416 e. The van der Waals surface area contributed by atoms with E-state index in [4.69, 9.17) is 5.73 Å². The molecule has 102 valence electrons. The van der Waals surface area contributed by atoms with Crippen LogP contribution in [0.3, 0.4) is 0 Å². The van der Waals surface area contributed by atoms with Crippen LogP contribution in [0, 0.1) is 0 Å². The molecular formula is C12H11F3N2OS. The highest BCUT2D eigenvalue weighted by atomic mass is 32.1. The van der Waals surface area contributed by atoms with Gasteiger partial charge in [0, 0.05) is 28.7 Å². The van der Waals surface area contributed by atoms with Gasteiger partial charge in [-0.2, -0.15) is 13.2 Å². The van der Waals surface area contributed by atoms with Gasteiger partial charge >= 0.3 is 6.18 Å². The van der Waals surface area contributed by atoms with Gasteiger partial charge in [-0.3, -0.25) is 4.98 Å². The summed E-state index contributed by atoms with van der Waals surface area (Å²) in [6.07, 6.45) is -3.77. The van der Waals surface area contributed by atoms with Crippen molar-refractivity contribution in [3.05, 3.63) is 45.9 Å². The van der Waals surface area contributed by atoms with E-state index in [1.165, 1.54) is 11.3 Å². The highest BCUT2D eigenvalue weighted by molar-refractivity contribution is 7.09. The van der Waals surface area contributed by atoms with Crippen LogP contribution < -0.4 is 5.73 Å². The van der Waals surface area contributed by atoms with E-state index in [0.717, 1.165) is 23.1 Å². The lowest BCUT2D eigenvalue weighted by Gasteiger charge is -2.15. The van der Waals surface area contributed by atoms with Crippen LogP contribution in [-0.2, 0) is 12.6 Å². The number of alkyl halides is 3. The smallest absolute Gasteiger partial charge is 0.398 e. The number of aromatic nitrogens is 1. The number of nitrogen functional groups attached to an aromatic ring is 1. The summed E-state index contributed by atoms with van der Waals surface area (Å²) in [5, 5.41) is 9.99. The number of thiazole rings is 1. The monoisotopic (exact) mass is 288 g/mol. The zero-order valence-electron chi connectivity index (χ0n) is 9.69. The predicted molar refractivity (Wildman–Crippen MR) is 66.6 cm³/mol. The van der Waals surface area contributed by atoms with E-state index in [-0.39, 0.29) is 17.7 Å². The largest absolute Gasteiger partial charge is 0.416 e. The molecule has 2 rings (SSSR count). The van der Waals surface area contributed by atoms with E-state index in [9.17, 15) is 18.3 Å². The summed E-state index contributed by atoms with van der Waals surface area (Å²) in [5.41, 5.74) is 6.63. The molecule has 0 saturated carbocycles. The van der Waals surface area contributed by atoms with Gasteiger partial charge in [-0.15, -0.1) is 11.3 Å². The second kappa shape index (κ2) is 5.18. The van der Waals surface area contributed by atoms with E-state index in [1.54, 1.807) is 11.7 Å². The molecule has 3 N–H and O–H groups in total. The van der Waals surface area contributed by atoms with Crippen LogP contribution in [0.25, 0.3) is 0 Å². The predicted octanol–water partition coefficient (Wildman–Crippen LogP) is 3.02. The number of aliphatic hydroxyl groups excluding tert-OH is 1. The van der Waals surface area contributed by atoms with Crippen molar-refractivity contribution in [2.24, 2.45) is 0 Å². The van der Waals surface area contributed by atoms with Crippen molar-refractivity contribution in [3.8, 4) is 0 Å². The molecule has 0 bridgehead atoms. The van der Waals surface area contributed by atoms with Gasteiger partial charge in [0.2, 0.25) is 0 Å². The number of hydrogen-bond acceptors (Lipinski definition) is 4. The fraction of sp³-hybridized carbons (Fsp3) is 0.250. The summed E-state index contributed by atoms with van der Waals surface area (Å²) in [6, 6.07) is 2.95. The summed E-state index contributed by atoms with van der Waals surface area (Å²) >= 11 is 1.33. The van der Waals surface area contributed by atoms with Crippen LogP contribution in [0.5, 0.6) is 0 Å². The minimum atomic E-state index is -4.45. The Balaban J connectivity index is 2.28. The third kappa shape index (κ3) is 3.24. The highest BCUT2D eigenvalue weighted by Gasteiger charge is 2.31. The Hall–Kier alpha value is -1.60. The molecule has 0 saturated heterocycles. The lowest BCUT2D eigenvalue weighted by molar-refractivity contribution is -0.137. The van der Waals surface area contributed by atoms with Crippen LogP contribution in [0.2, 0.25) is 0 Å². The first kappa shape index (κ1) is 13.8. The molecule has 0 fully saturated rings. The summed E-state index contributed by atoms with van der Waals surface area (Å²) in [6.45, 7) is 0. The Kier molecular flexibility index (Phi) is 3.77. The molecule has 1 aromatic carbocycles. The zero-order valence-corrected chi connectivity index (χ0v) is 10.5. The molecule has 0 aliphatic heterocycles. The van der Waals surface area contributed by atoms with Gasteiger partial charge in [0.1, 0.15) is 0 Å². The van der Waals surface area contributed by atoms with Gasteiger partial charge in [0.05, 0.1) is 17.2 Å². The summed E-state index contributed by atoms with van der Waals surface area (Å²) in [4.78, 5) is 4.63. The van der Waals surface area contributed by atoms with Gasteiger partial charge in [0.15, 0.2) is 0 Å². The average molecular weight is 288 g/mol. The molecule has 0 radical (unpaired) electrons. The minimum absolute atomic E-state index is 0.0863. The zero-order chi connectivity index (χ0) is 14.0. The van der Waals surface area contributed by atoms with Crippen LogP contribution in [0.1, 0.15) is 22.1 Å². The fourth-order valence-electron chi connectivity index (χ4n) is 1.68. The second-order valence-electron chi connectivity index (χ2n) is 4.03. The van der Waals surface area contributed by atoms with Gasteiger partial charge < -0.3 is 10.8 Å². The first-order valence-electron chi connectivity index (χ1n) is 5.40. The third-order valence-corrected chi connectivity index (χ3v) is 3.45. The first-order chi connectivity index (χ1) is 8.88. The van der Waals surface area contributed by atoms with Gasteiger partial charge in [-0.25, -0.2) is 0 Å². The fourth-order valence-corrected chi connectivity index (χ4v) is 2.32. The van der Waals surface area contributed by atoms with E-state index in [2.05, 4.69) is 4.98 Å². The topological polar surface area (TPSA) is 59.1 Å². The van der Waals surface area contributed by atoms with Crippen LogP contribution in [0.15, 0.2) is 29.9 Å². The maximum atomic E-state index is 12.6. The van der Waals surface area contributed by atoms with E-state index < -0.39 is 17.8 Å². The molecular weight excluding hydrogens is 277 g/mol. The molecule has 19 heavy (non-hydrogen) atoms. The molecule has 1 atom stereocenters. The molecule has 0 amide bonds. The molecule has 0 aliphatic rings. The van der Waals surface area contributed by atoms with Crippen molar-refractivity contribution in [1.82, 2.24) is 4.98 Å². The van der Waals surface area contributed by atoms with Crippen molar-refractivity contribution in [2.75, 3.05) is 5.73 Å². The number of nitrogens with two attached hydrogens (primary N) is 1. The number of nitrogens with zero attached hydrogens (tertiary/aromatic N) is 1. The molecule has 7 heteroatoms. The molecule has 0 spiro atoms. The van der Waals surface area contributed by atoms with E-state index in [1.807, 2.05) is 0 Å². The summed E-state index contributed by atoms with van der Waals surface area (Å²) in [7, 11) is 0. The maximum absolute atomic E-state index is 12.6. The Labute approximate surface area is 111 Å². The summed E-state index contributed by atoms with van der Waals surface area (Å²) in [5.74, 6) is 0. The van der Waals surface area contributed by atoms with Gasteiger partial charge in [0.25, 0.3) is 0 Å².